The molecule has 1 aromatic rings. The highest BCUT2D eigenvalue weighted by Crippen LogP contribution is 2.45. The van der Waals surface area contributed by atoms with Crippen LogP contribution in [0.3, 0.4) is 0 Å². The second kappa shape index (κ2) is 4.10. The second-order valence-corrected chi connectivity index (χ2v) is 3.98. The number of hydrogen-bond donors (Lipinski definition) is 1. The normalized spacial score (nSPS) is 12.9. The van der Waals surface area contributed by atoms with Crippen LogP contribution in [0.1, 0.15) is 12.0 Å². The standard InChI is InChI=1S/C10H9BrO4/c11-7-4-8-10(15-5-14-8)6(9(7)13)2-1-3-12/h3-4,13H,1-2,5H2. The quantitative estimate of drug-likeness (QED) is 0.856. The largest absolute Gasteiger partial charge is 0.506 e. The number of carbonyl (C=O) groups excluding carboxylic acids is 1. The van der Waals surface area contributed by atoms with Crippen LogP contribution in [0, 0.1) is 0 Å². The molecule has 0 unspecified atom stereocenters. The zero-order valence-corrected chi connectivity index (χ0v) is 9.41. The predicted octanol–water partition coefficient (Wildman–Crippen LogP) is 2.01. The monoisotopic (exact) mass is 272 g/mol. The molecule has 4 nitrogen and oxygen atoms in total. The lowest BCUT2D eigenvalue weighted by molar-refractivity contribution is -0.107. The van der Waals surface area contributed by atoms with E-state index in [2.05, 4.69) is 15.9 Å². The van der Waals surface area contributed by atoms with Crippen molar-refractivity contribution >= 4 is 22.2 Å². The third-order valence-corrected chi connectivity index (χ3v) is 2.80. The minimum atomic E-state index is 0.112. The van der Waals surface area contributed by atoms with Crippen LogP contribution in [0.5, 0.6) is 17.2 Å². The highest BCUT2D eigenvalue weighted by molar-refractivity contribution is 9.10. The molecule has 1 N–H and O–H groups in total. The van der Waals surface area contributed by atoms with Gasteiger partial charge >= 0.3 is 0 Å². The van der Waals surface area contributed by atoms with E-state index in [1.54, 1.807) is 6.07 Å². The average molecular weight is 273 g/mol. The molecule has 15 heavy (non-hydrogen) atoms. The molecule has 0 spiro atoms. The molecule has 0 saturated carbocycles. The fraction of sp³-hybridized carbons (Fsp3) is 0.300. The Morgan fingerprint density at radius 3 is 3.07 bits per heavy atom. The highest BCUT2D eigenvalue weighted by Gasteiger charge is 2.22. The zero-order valence-electron chi connectivity index (χ0n) is 7.83. The summed E-state index contributed by atoms with van der Waals surface area (Å²) in [6.07, 6.45) is 1.60. The molecule has 1 aromatic carbocycles. The van der Waals surface area contributed by atoms with Crippen LogP contribution in [0.2, 0.25) is 0 Å². The van der Waals surface area contributed by atoms with Crippen LogP contribution in [0.4, 0.5) is 0 Å². The first kappa shape index (κ1) is 10.3. The van der Waals surface area contributed by atoms with E-state index in [1.165, 1.54) is 0 Å². The number of benzene rings is 1. The Kier molecular flexibility index (Phi) is 2.81. The number of ether oxygens (including phenoxy) is 2. The van der Waals surface area contributed by atoms with Crippen molar-refractivity contribution in [1.82, 2.24) is 0 Å². The first-order valence-corrected chi connectivity index (χ1v) is 5.27. The summed E-state index contributed by atoms with van der Waals surface area (Å²) in [5, 5.41) is 9.79. The molecule has 0 aliphatic carbocycles. The minimum Gasteiger partial charge on any atom is -0.506 e. The number of aldehydes is 1. The topological polar surface area (TPSA) is 55.8 Å². The van der Waals surface area contributed by atoms with Crippen LogP contribution < -0.4 is 9.47 Å². The SMILES string of the molecule is O=CCCc1c(O)c(Br)cc2c1OCO2. The molecule has 2 rings (SSSR count). The molecule has 5 heteroatoms. The van der Waals surface area contributed by atoms with Gasteiger partial charge in [0.05, 0.1) is 4.47 Å². The minimum absolute atomic E-state index is 0.112. The molecule has 1 heterocycles. The summed E-state index contributed by atoms with van der Waals surface area (Å²) in [5.41, 5.74) is 0.615. The van der Waals surface area contributed by atoms with E-state index in [1.807, 2.05) is 0 Å². The van der Waals surface area contributed by atoms with Gasteiger partial charge in [0.15, 0.2) is 11.5 Å². The van der Waals surface area contributed by atoms with E-state index in [0.29, 0.717) is 34.4 Å². The summed E-state index contributed by atoms with van der Waals surface area (Å²) in [6, 6.07) is 1.65. The van der Waals surface area contributed by atoms with Crippen molar-refractivity contribution in [2.45, 2.75) is 12.8 Å². The molecular weight excluding hydrogens is 264 g/mol. The van der Waals surface area contributed by atoms with Gasteiger partial charge in [0, 0.05) is 18.1 Å². The lowest BCUT2D eigenvalue weighted by Crippen LogP contribution is -1.95. The Morgan fingerprint density at radius 1 is 1.53 bits per heavy atom. The Bertz CT molecular complexity index is 403. The van der Waals surface area contributed by atoms with Gasteiger partial charge in [0.25, 0.3) is 0 Å². The fourth-order valence-corrected chi connectivity index (χ4v) is 1.95. The van der Waals surface area contributed by atoms with Crippen LogP contribution in [-0.2, 0) is 11.2 Å². The molecule has 0 atom stereocenters. The van der Waals surface area contributed by atoms with E-state index < -0.39 is 0 Å². The van der Waals surface area contributed by atoms with E-state index in [9.17, 15) is 9.90 Å². The molecule has 0 radical (unpaired) electrons. The van der Waals surface area contributed by atoms with Crippen molar-refractivity contribution in [1.29, 1.82) is 0 Å². The van der Waals surface area contributed by atoms with Crippen molar-refractivity contribution in [2.24, 2.45) is 0 Å². The number of carbonyl (C=O) groups is 1. The molecule has 0 saturated heterocycles. The van der Waals surface area contributed by atoms with Crippen molar-refractivity contribution < 1.29 is 19.4 Å². The molecule has 80 valence electrons. The number of hydrogen-bond acceptors (Lipinski definition) is 4. The number of rotatable bonds is 3. The summed E-state index contributed by atoms with van der Waals surface area (Å²) in [7, 11) is 0. The maximum absolute atomic E-state index is 10.3. The van der Waals surface area contributed by atoms with Crippen molar-refractivity contribution in [3.63, 3.8) is 0 Å². The average Bonchev–Trinajstić information content (AvgIpc) is 2.66. The summed E-state index contributed by atoms with van der Waals surface area (Å²) >= 11 is 3.22. The summed E-state index contributed by atoms with van der Waals surface area (Å²) in [4.78, 5) is 10.3. The van der Waals surface area contributed by atoms with Crippen LogP contribution in [-0.4, -0.2) is 18.2 Å². The van der Waals surface area contributed by atoms with Gasteiger partial charge < -0.3 is 19.4 Å². The number of phenolic OH excluding ortho intramolecular Hbond substituents is 1. The molecule has 1 aliphatic heterocycles. The smallest absolute Gasteiger partial charge is 0.231 e. The Labute approximate surface area is 94.9 Å². The van der Waals surface area contributed by atoms with Gasteiger partial charge in [-0.25, -0.2) is 0 Å². The highest BCUT2D eigenvalue weighted by atomic mass is 79.9. The molecule has 0 amide bonds. The third-order valence-electron chi connectivity index (χ3n) is 2.20. The van der Waals surface area contributed by atoms with Crippen LogP contribution >= 0.6 is 15.9 Å². The molecule has 0 aromatic heterocycles. The first-order chi connectivity index (χ1) is 7.24. The van der Waals surface area contributed by atoms with Crippen LogP contribution in [0.15, 0.2) is 10.5 Å². The Balaban J connectivity index is 2.45. The molecule has 1 aliphatic rings. The van der Waals surface area contributed by atoms with E-state index >= 15 is 0 Å². The predicted molar refractivity (Wildman–Crippen MR) is 56.3 cm³/mol. The number of fused-ring (bicyclic) bond motifs is 1. The van der Waals surface area contributed by atoms with E-state index in [4.69, 9.17) is 9.47 Å². The summed E-state index contributed by atoms with van der Waals surface area (Å²) in [5.74, 6) is 1.25. The Morgan fingerprint density at radius 2 is 2.33 bits per heavy atom. The maximum Gasteiger partial charge on any atom is 0.231 e. The van der Waals surface area contributed by atoms with Crippen molar-refractivity contribution in [3.8, 4) is 17.2 Å². The van der Waals surface area contributed by atoms with Crippen molar-refractivity contribution in [3.05, 3.63) is 16.1 Å². The molecule has 0 bridgehead atoms. The fourth-order valence-electron chi connectivity index (χ4n) is 1.50. The maximum atomic E-state index is 10.3. The second-order valence-electron chi connectivity index (χ2n) is 3.12. The van der Waals surface area contributed by atoms with Gasteiger partial charge in [-0.2, -0.15) is 0 Å². The van der Waals surface area contributed by atoms with Gasteiger partial charge in [-0.05, 0) is 22.4 Å². The first-order valence-electron chi connectivity index (χ1n) is 4.47. The van der Waals surface area contributed by atoms with Gasteiger partial charge in [-0.3, -0.25) is 0 Å². The van der Waals surface area contributed by atoms with Gasteiger partial charge in [0.2, 0.25) is 6.79 Å². The summed E-state index contributed by atoms with van der Waals surface area (Å²) < 4.78 is 11.0. The lowest BCUT2D eigenvalue weighted by Gasteiger charge is -2.08. The zero-order chi connectivity index (χ0) is 10.8. The van der Waals surface area contributed by atoms with Gasteiger partial charge in [-0.15, -0.1) is 0 Å². The van der Waals surface area contributed by atoms with Gasteiger partial charge in [-0.1, -0.05) is 0 Å². The van der Waals surface area contributed by atoms with Gasteiger partial charge in [0.1, 0.15) is 12.0 Å². The van der Waals surface area contributed by atoms with Crippen LogP contribution in [0.25, 0.3) is 0 Å². The lowest BCUT2D eigenvalue weighted by atomic mass is 10.1. The van der Waals surface area contributed by atoms with Crippen molar-refractivity contribution in [2.75, 3.05) is 6.79 Å². The molecule has 0 fully saturated rings. The number of halogens is 1. The van der Waals surface area contributed by atoms with E-state index in [0.717, 1.165) is 6.29 Å². The third kappa shape index (κ3) is 1.79. The number of phenols is 1. The Hall–Kier alpha value is -1.23. The van der Waals surface area contributed by atoms with E-state index in [-0.39, 0.29) is 12.5 Å². The number of aromatic hydroxyl groups is 1. The summed E-state index contributed by atoms with van der Waals surface area (Å²) in [6.45, 7) is 0.152. The molecular formula is C10H9BrO4.